The maximum absolute atomic E-state index is 13.6. The van der Waals surface area contributed by atoms with Gasteiger partial charge in [-0.25, -0.2) is 0 Å². The molecule has 1 aliphatic carbocycles. The largest absolute Gasteiger partial charge is 0.501 e. The molecule has 0 bridgehead atoms. The Hall–Kier alpha value is -2.78. The van der Waals surface area contributed by atoms with E-state index in [1.807, 2.05) is 12.1 Å². The zero-order chi connectivity index (χ0) is 28.2. The van der Waals surface area contributed by atoms with Crippen molar-refractivity contribution in [2.24, 2.45) is 5.92 Å². The van der Waals surface area contributed by atoms with Crippen LogP contribution < -0.4 is 4.68 Å². The van der Waals surface area contributed by atoms with Crippen LogP contribution in [-0.4, -0.2) is 30.5 Å². The lowest BCUT2D eigenvalue weighted by molar-refractivity contribution is -0.796. The number of aromatic amines is 1. The van der Waals surface area contributed by atoms with Gasteiger partial charge in [0.2, 0.25) is 6.73 Å². The Labute approximate surface area is 229 Å². The van der Waals surface area contributed by atoms with Gasteiger partial charge in [0.25, 0.3) is 5.82 Å². The molecule has 1 N–H and O–H groups in total. The van der Waals surface area contributed by atoms with Crippen molar-refractivity contribution in [1.82, 2.24) is 10.1 Å². The van der Waals surface area contributed by atoms with Crippen molar-refractivity contribution >= 4 is 13.9 Å². The number of ether oxygens (including phenoxy) is 1. The molecular weight excluding hydrogens is 519 g/mol. The molecule has 1 saturated carbocycles. The first kappa shape index (κ1) is 29.2. The zero-order valence-corrected chi connectivity index (χ0v) is 24.3. The third-order valence-electron chi connectivity index (χ3n) is 7.48. The van der Waals surface area contributed by atoms with Crippen LogP contribution in [-0.2, 0) is 22.4 Å². The minimum atomic E-state index is -4.59. The number of hydrogen-bond donors (Lipinski definition) is 1. The van der Waals surface area contributed by atoms with Crippen LogP contribution in [0.5, 0.6) is 0 Å². The first-order chi connectivity index (χ1) is 18.4. The van der Waals surface area contributed by atoms with Crippen LogP contribution in [0.3, 0.4) is 0 Å². The maximum atomic E-state index is 13.6. The van der Waals surface area contributed by atoms with Crippen molar-refractivity contribution in [3.05, 3.63) is 59.9 Å². The average Bonchev–Trinajstić information content (AvgIpc) is 3.32. The fraction of sp³-hybridized carbons (Fsp3) is 0.500. The van der Waals surface area contributed by atoms with Gasteiger partial charge in [-0.3, -0.25) is 0 Å². The van der Waals surface area contributed by atoms with E-state index in [2.05, 4.69) is 54.0 Å². The minimum Gasteiger partial charge on any atom is -0.341 e. The van der Waals surface area contributed by atoms with E-state index in [-0.39, 0.29) is 18.3 Å². The highest BCUT2D eigenvalue weighted by atomic mass is 28.3. The van der Waals surface area contributed by atoms with E-state index in [0.29, 0.717) is 30.4 Å². The van der Waals surface area contributed by atoms with Crippen molar-refractivity contribution in [1.29, 1.82) is 0 Å². The average molecular weight is 559 g/mol. The van der Waals surface area contributed by atoms with Crippen LogP contribution in [0.2, 0.25) is 25.7 Å². The van der Waals surface area contributed by atoms with Crippen LogP contribution in [0.25, 0.3) is 22.5 Å². The van der Waals surface area contributed by atoms with Crippen LogP contribution in [0.15, 0.2) is 48.5 Å². The molecule has 0 radical (unpaired) electrons. The second-order valence-electron chi connectivity index (χ2n) is 12.0. The first-order valence-corrected chi connectivity index (χ1v) is 17.4. The van der Waals surface area contributed by atoms with Crippen LogP contribution in [0.1, 0.15) is 56.3 Å². The summed E-state index contributed by atoms with van der Waals surface area (Å²) >= 11 is 0. The summed E-state index contributed by atoms with van der Waals surface area (Å²) in [5.41, 5.74) is 3.94. The number of benzene rings is 2. The van der Waals surface area contributed by atoms with Crippen molar-refractivity contribution in [2.75, 3.05) is 6.61 Å². The Morgan fingerprint density at radius 1 is 0.974 bits per heavy atom. The third kappa shape index (κ3) is 8.11. The summed E-state index contributed by atoms with van der Waals surface area (Å²) < 4.78 is 47.4. The number of H-pyrrole nitrogens is 1. The molecule has 0 atom stereocenters. The molecule has 1 aliphatic rings. The molecule has 1 heterocycles. The predicted molar refractivity (Wildman–Crippen MR) is 149 cm³/mol. The molecule has 9 heteroatoms. The van der Waals surface area contributed by atoms with Gasteiger partial charge in [0.15, 0.2) is 0 Å². The molecule has 0 spiro atoms. The number of carbonyl (C=O) groups excluding carboxylic acids is 1. The summed E-state index contributed by atoms with van der Waals surface area (Å²) in [7, 11) is -1.34. The van der Waals surface area contributed by atoms with Gasteiger partial charge in [-0.15, -0.1) is 4.68 Å². The van der Waals surface area contributed by atoms with Crippen molar-refractivity contribution < 1.29 is 27.4 Å². The molecule has 1 fully saturated rings. The summed E-state index contributed by atoms with van der Waals surface area (Å²) in [6.45, 7) is 8.45. The molecule has 0 saturated heterocycles. The van der Waals surface area contributed by atoms with Gasteiger partial charge in [-0.05, 0) is 84.3 Å². The molecule has 3 aromatic rings. The molecular formula is C30H39F3N3O2Si+. The van der Waals surface area contributed by atoms with Gasteiger partial charge in [-0.2, -0.15) is 18.3 Å². The van der Waals surface area contributed by atoms with E-state index in [1.165, 1.54) is 5.56 Å². The fourth-order valence-electron chi connectivity index (χ4n) is 5.22. The highest BCUT2D eigenvalue weighted by molar-refractivity contribution is 6.76. The van der Waals surface area contributed by atoms with Crippen molar-refractivity contribution in [2.45, 2.75) is 83.5 Å². The van der Waals surface area contributed by atoms with E-state index in [9.17, 15) is 18.0 Å². The number of nitrogens with one attached hydrogen (secondary N) is 1. The summed E-state index contributed by atoms with van der Waals surface area (Å²) in [6, 6.07) is 16.8. The van der Waals surface area contributed by atoms with Crippen LogP contribution in [0.4, 0.5) is 13.2 Å². The smallest absolute Gasteiger partial charge is 0.341 e. The highest BCUT2D eigenvalue weighted by Gasteiger charge is 2.46. The number of Topliss-reactive ketones (excluding diaryl/α,β-unsaturated/α-hetero) is 1. The number of alkyl halides is 3. The minimum absolute atomic E-state index is 0.151. The molecule has 210 valence electrons. The molecule has 0 amide bonds. The molecule has 1 aromatic heterocycles. The Bertz CT molecular complexity index is 1240. The third-order valence-corrected chi connectivity index (χ3v) is 9.19. The SMILES string of the molecule is CC(=O)CC1CCC(c2ccc(-c3ccc(-c4nc(C(F)(F)F)[n+](COCC[Si](C)(C)C)[nH]4)cc3)cc2)CC1. The molecule has 2 aromatic carbocycles. The van der Waals surface area contributed by atoms with Gasteiger partial charge in [0.1, 0.15) is 5.78 Å². The quantitative estimate of drug-likeness (QED) is 0.158. The number of carbonyl (C=O) groups is 1. The first-order valence-electron chi connectivity index (χ1n) is 13.7. The second-order valence-corrected chi connectivity index (χ2v) is 17.6. The number of hydrogen-bond acceptors (Lipinski definition) is 3. The van der Waals surface area contributed by atoms with E-state index in [4.69, 9.17) is 4.74 Å². The summed E-state index contributed by atoms with van der Waals surface area (Å²) in [5.74, 6) is 0.481. The summed E-state index contributed by atoms with van der Waals surface area (Å²) in [6.07, 6.45) is 0.521. The molecule has 4 rings (SSSR count). The van der Waals surface area contributed by atoms with E-state index < -0.39 is 20.1 Å². The van der Waals surface area contributed by atoms with E-state index in [0.717, 1.165) is 47.5 Å². The second kappa shape index (κ2) is 12.2. The predicted octanol–water partition coefficient (Wildman–Crippen LogP) is 7.62. The summed E-state index contributed by atoms with van der Waals surface area (Å²) in [4.78, 5) is 15.3. The number of ketones is 1. The Morgan fingerprint density at radius 2 is 1.54 bits per heavy atom. The molecule has 0 unspecified atom stereocenters. The van der Waals surface area contributed by atoms with Gasteiger partial charge in [0, 0.05) is 26.7 Å². The van der Waals surface area contributed by atoms with Crippen LogP contribution >= 0.6 is 0 Å². The van der Waals surface area contributed by atoms with Gasteiger partial charge >= 0.3 is 12.0 Å². The van der Waals surface area contributed by atoms with Crippen molar-refractivity contribution in [3.63, 3.8) is 0 Å². The number of nitrogens with zero attached hydrogens (tertiary/aromatic N) is 2. The molecule has 0 aliphatic heterocycles. The van der Waals surface area contributed by atoms with Crippen LogP contribution in [0, 0.1) is 5.92 Å². The molecule has 5 nitrogen and oxygen atoms in total. The van der Waals surface area contributed by atoms with Gasteiger partial charge < -0.3 is 9.53 Å². The Balaban J connectivity index is 1.42. The topological polar surface area (TPSA) is 58.9 Å². The highest BCUT2D eigenvalue weighted by Crippen LogP contribution is 2.38. The standard InChI is InChI=1S/C30H38F3N3O2Si/c1-21(37)19-22-5-7-23(8-6-22)24-9-11-25(12-10-24)26-13-15-27(16-14-26)28-34-29(30(31,32)33)36(35-28)20-38-17-18-39(2,3)4/h9-16,22-23H,5-8,17-20H2,1-4H3/p+1. The van der Waals surface area contributed by atoms with E-state index in [1.54, 1.807) is 19.1 Å². The van der Waals surface area contributed by atoms with Gasteiger partial charge in [0.05, 0.1) is 0 Å². The fourth-order valence-corrected chi connectivity index (χ4v) is 5.98. The zero-order valence-electron chi connectivity index (χ0n) is 23.3. The molecule has 39 heavy (non-hydrogen) atoms. The summed E-state index contributed by atoms with van der Waals surface area (Å²) in [5, 5.41) is 2.77. The lowest BCUT2D eigenvalue weighted by atomic mass is 9.77. The Morgan fingerprint density at radius 3 is 2.08 bits per heavy atom. The maximum Gasteiger partial charge on any atom is 0.501 e. The number of halogens is 3. The van der Waals surface area contributed by atoms with Gasteiger partial charge in [-0.1, -0.05) is 56.0 Å². The van der Waals surface area contributed by atoms with Crippen molar-refractivity contribution in [3.8, 4) is 22.5 Å². The number of rotatable bonds is 10. The monoisotopic (exact) mass is 558 g/mol. The number of aromatic nitrogens is 3. The lowest BCUT2D eigenvalue weighted by Crippen LogP contribution is -2.44. The normalized spacial score (nSPS) is 18.3. The van der Waals surface area contributed by atoms with E-state index >= 15 is 0 Å². The lowest BCUT2D eigenvalue weighted by Gasteiger charge is -2.28. The Kier molecular flexibility index (Phi) is 9.11.